The molecule has 2 heterocycles. The highest BCUT2D eigenvalue weighted by molar-refractivity contribution is 6.33. The van der Waals surface area contributed by atoms with Gasteiger partial charge in [0.2, 0.25) is 0 Å². The molecule has 1 aliphatic rings. The predicted molar refractivity (Wildman–Crippen MR) is 72.0 cm³/mol. The Bertz CT molecular complexity index is 395. The Labute approximate surface area is 113 Å². The van der Waals surface area contributed by atoms with Crippen LogP contribution < -0.4 is 4.90 Å². The number of aliphatic hydroxyl groups is 1. The van der Waals surface area contributed by atoms with E-state index in [4.69, 9.17) is 21.4 Å². The zero-order valence-electron chi connectivity index (χ0n) is 10.6. The minimum atomic E-state index is -0.0392. The SMILES string of the molecule is CN(CC1CCCCO1)c1ncc(CO)cc1Cl. The number of aliphatic hydroxyl groups excluding tert-OH is 1. The normalized spacial score (nSPS) is 19.8. The van der Waals surface area contributed by atoms with Crippen LogP contribution in [-0.4, -0.2) is 36.4 Å². The zero-order chi connectivity index (χ0) is 13.0. The van der Waals surface area contributed by atoms with Gasteiger partial charge in [0.25, 0.3) is 0 Å². The first-order chi connectivity index (χ1) is 8.70. The molecule has 4 nitrogen and oxygen atoms in total. The number of nitrogens with zero attached hydrogens (tertiary/aromatic N) is 2. The molecule has 1 N–H and O–H groups in total. The van der Waals surface area contributed by atoms with Crippen molar-refractivity contribution in [3.8, 4) is 0 Å². The maximum absolute atomic E-state index is 9.02. The third-order valence-corrected chi connectivity index (χ3v) is 3.45. The molecule has 5 heteroatoms. The number of ether oxygens (including phenoxy) is 1. The van der Waals surface area contributed by atoms with Crippen molar-refractivity contribution in [3.05, 3.63) is 22.8 Å². The third-order valence-electron chi connectivity index (χ3n) is 3.17. The third kappa shape index (κ3) is 3.34. The summed E-state index contributed by atoms with van der Waals surface area (Å²) in [6.07, 6.45) is 5.39. The van der Waals surface area contributed by atoms with Gasteiger partial charge in [0.05, 0.1) is 17.7 Å². The largest absolute Gasteiger partial charge is 0.392 e. The Morgan fingerprint density at radius 2 is 2.39 bits per heavy atom. The number of halogens is 1. The van der Waals surface area contributed by atoms with Gasteiger partial charge in [-0.25, -0.2) is 4.98 Å². The molecule has 0 radical (unpaired) electrons. The van der Waals surface area contributed by atoms with E-state index in [1.165, 1.54) is 6.42 Å². The molecule has 2 rings (SSSR count). The molecule has 1 unspecified atom stereocenters. The van der Waals surface area contributed by atoms with Gasteiger partial charge >= 0.3 is 0 Å². The molecule has 1 saturated heterocycles. The van der Waals surface area contributed by atoms with Crippen molar-refractivity contribution in [1.82, 2.24) is 4.98 Å². The minimum absolute atomic E-state index is 0.0392. The molecule has 1 fully saturated rings. The Morgan fingerprint density at radius 3 is 3.00 bits per heavy atom. The molecule has 0 saturated carbocycles. The summed E-state index contributed by atoms with van der Waals surface area (Å²) in [6, 6.07) is 1.75. The van der Waals surface area contributed by atoms with Crippen LogP contribution in [0.25, 0.3) is 0 Å². The lowest BCUT2D eigenvalue weighted by Crippen LogP contribution is -2.33. The zero-order valence-corrected chi connectivity index (χ0v) is 11.4. The lowest BCUT2D eigenvalue weighted by molar-refractivity contribution is 0.0215. The van der Waals surface area contributed by atoms with Crippen LogP contribution in [0.5, 0.6) is 0 Å². The fourth-order valence-corrected chi connectivity index (χ4v) is 2.51. The molecule has 0 aromatic carbocycles. The Balaban J connectivity index is 2.01. The van der Waals surface area contributed by atoms with Gasteiger partial charge in [0.15, 0.2) is 0 Å². The monoisotopic (exact) mass is 270 g/mol. The average molecular weight is 271 g/mol. The molecule has 0 spiro atoms. The van der Waals surface area contributed by atoms with Crippen LogP contribution in [0.3, 0.4) is 0 Å². The van der Waals surface area contributed by atoms with Crippen LogP contribution >= 0.6 is 11.6 Å². The van der Waals surface area contributed by atoms with Crippen LogP contribution in [0.4, 0.5) is 5.82 Å². The maximum atomic E-state index is 9.02. The number of aromatic nitrogens is 1. The van der Waals surface area contributed by atoms with E-state index in [-0.39, 0.29) is 12.7 Å². The molecule has 1 aromatic heterocycles. The van der Waals surface area contributed by atoms with Crippen LogP contribution in [-0.2, 0) is 11.3 Å². The summed E-state index contributed by atoms with van der Waals surface area (Å²) < 4.78 is 5.70. The molecule has 0 aliphatic carbocycles. The fourth-order valence-electron chi connectivity index (χ4n) is 2.18. The molecule has 1 atom stereocenters. The first-order valence-electron chi connectivity index (χ1n) is 6.28. The summed E-state index contributed by atoms with van der Waals surface area (Å²) in [5.41, 5.74) is 0.728. The number of hydrogen-bond acceptors (Lipinski definition) is 4. The Kier molecular flexibility index (Phi) is 4.80. The van der Waals surface area contributed by atoms with Crippen molar-refractivity contribution in [2.24, 2.45) is 0 Å². The van der Waals surface area contributed by atoms with Crippen LogP contribution in [0.1, 0.15) is 24.8 Å². The summed E-state index contributed by atoms with van der Waals surface area (Å²) in [7, 11) is 1.96. The van der Waals surface area contributed by atoms with Crippen molar-refractivity contribution in [2.75, 3.05) is 25.1 Å². The van der Waals surface area contributed by atoms with Crippen molar-refractivity contribution in [2.45, 2.75) is 32.0 Å². The molecular formula is C13H19ClN2O2. The lowest BCUT2D eigenvalue weighted by atomic mass is 10.1. The quantitative estimate of drug-likeness (QED) is 0.911. The second-order valence-electron chi connectivity index (χ2n) is 4.68. The van der Waals surface area contributed by atoms with E-state index < -0.39 is 0 Å². The highest BCUT2D eigenvalue weighted by atomic mass is 35.5. The lowest BCUT2D eigenvalue weighted by Gasteiger charge is -2.28. The van der Waals surface area contributed by atoms with E-state index in [0.29, 0.717) is 5.02 Å². The number of rotatable bonds is 4. The van der Waals surface area contributed by atoms with E-state index >= 15 is 0 Å². The van der Waals surface area contributed by atoms with E-state index in [9.17, 15) is 0 Å². The topological polar surface area (TPSA) is 45.6 Å². The fraction of sp³-hybridized carbons (Fsp3) is 0.615. The summed E-state index contributed by atoms with van der Waals surface area (Å²) >= 11 is 6.16. The van der Waals surface area contributed by atoms with Crippen molar-refractivity contribution >= 4 is 17.4 Å². The van der Waals surface area contributed by atoms with E-state index in [2.05, 4.69) is 4.98 Å². The summed E-state index contributed by atoms with van der Waals surface area (Å²) in [5.74, 6) is 0.739. The number of hydrogen-bond donors (Lipinski definition) is 1. The average Bonchev–Trinajstić information content (AvgIpc) is 2.39. The van der Waals surface area contributed by atoms with E-state index in [1.54, 1.807) is 12.3 Å². The van der Waals surface area contributed by atoms with Gasteiger partial charge in [-0.15, -0.1) is 0 Å². The van der Waals surface area contributed by atoms with E-state index in [0.717, 1.165) is 37.4 Å². The number of anilines is 1. The second kappa shape index (κ2) is 6.36. The van der Waals surface area contributed by atoms with Crippen molar-refractivity contribution in [1.29, 1.82) is 0 Å². The highest BCUT2D eigenvalue weighted by Gasteiger charge is 2.18. The maximum Gasteiger partial charge on any atom is 0.147 e. The molecule has 0 amide bonds. The Morgan fingerprint density at radius 1 is 1.56 bits per heavy atom. The van der Waals surface area contributed by atoms with Crippen molar-refractivity contribution < 1.29 is 9.84 Å². The highest BCUT2D eigenvalue weighted by Crippen LogP contribution is 2.24. The first kappa shape index (κ1) is 13.6. The van der Waals surface area contributed by atoms with Gasteiger partial charge in [0.1, 0.15) is 5.82 Å². The van der Waals surface area contributed by atoms with Crippen LogP contribution in [0, 0.1) is 0 Å². The summed E-state index contributed by atoms with van der Waals surface area (Å²) in [5, 5.41) is 9.59. The number of likely N-dealkylation sites (N-methyl/N-ethyl adjacent to an activating group) is 1. The molecule has 18 heavy (non-hydrogen) atoms. The first-order valence-corrected chi connectivity index (χ1v) is 6.66. The van der Waals surface area contributed by atoms with Gasteiger partial charge in [-0.3, -0.25) is 0 Å². The standard InChI is InChI=1S/C13H19ClN2O2/c1-16(8-11-4-2-3-5-18-11)13-12(14)6-10(9-17)7-15-13/h6-7,11,17H,2-5,8-9H2,1H3. The number of pyridine rings is 1. The molecule has 1 aromatic rings. The van der Waals surface area contributed by atoms with Gasteiger partial charge in [0, 0.05) is 26.4 Å². The summed E-state index contributed by atoms with van der Waals surface area (Å²) in [4.78, 5) is 6.31. The van der Waals surface area contributed by atoms with Crippen molar-refractivity contribution in [3.63, 3.8) is 0 Å². The Hall–Kier alpha value is -0.840. The van der Waals surface area contributed by atoms with Gasteiger partial charge in [-0.2, -0.15) is 0 Å². The molecule has 1 aliphatic heterocycles. The van der Waals surface area contributed by atoms with Crippen LogP contribution in [0.15, 0.2) is 12.3 Å². The summed E-state index contributed by atoms with van der Waals surface area (Å²) in [6.45, 7) is 1.61. The minimum Gasteiger partial charge on any atom is -0.392 e. The second-order valence-corrected chi connectivity index (χ2v) is 5.08. The molecular weight excluding hydrogens is 252 g/mol. The van der Waals surface area contributed by atoms with E-state index in [1.807, 2.05) is 11.9 Å². The van der Waals surface area contributed by atoms with Gasteiger partial charge in [-0.1, -0.05) is 11.6 Å². The predicted octanol–water partition coefficient (Wildman–Crippen LogP) is 2.23. The smallest absolute Gasteiger partial charge is 0.147 e. The van der Waals surface area contributed by atoms with Crippen LogP contribution in [0.2, 0.25) is 5.02 Å². The van der Waals surface area contributed by atoms with Gasteiger partial charge < -0.3 is 14.7 Å². The molecule has 100 valence electrons. The van der Waals surface area contributed by atoms with Gasteiger partial charge in [-0.05, 0) is 30.9 Å². The molecule has 0 bridgehead atoms.